The summed E-state index contributed by atoms with van der Waals surface area (Å²) >= 11 is 3.37. The van der Waals surface area contributed by atoms with Crippen LogP contribution >= 0.6 is 23.1 Å². The van der Waals surface area contributed by atoms with Crippen LogP contribution in [0.1, 0.15) is 48.1 Å². The Kier molecular flexibility index (Phi) is 5.32. The fourth-order valence-corrected chi connectivity index (χ4v) is 4.52. The van der Waals surface area contributed by atoms with E-state index in [-0.39, 0.29) is 0 Å². The van der Waals surface area contributed by atoms with Gasteiger partial charge in [-0.3, -0.25) is 0 Å². The number of nitrogens with two attached hydrogens (primary N) is 1. The Morgan fingerprint density at radius 2 is 2.23 bits per heavy atom. The molecule has 22 heavy (non-hydrogen) atoms. The Bertz CT molecular complexity index is 606. The predicted octanol–water partition coefficient (Wildman–Crippen LogP) is 2.59. The van der Waals surface area contributed by atoms with Crippen LogP contribution in [0.5, 0.6) is 0 Å². The molecule has 0 radical (unpaired) electrons. The average Bonchev–Trinajstić information content (AvgIpc) is 3.25. The molecule has 0 spiro atoms. The number of ether oxygens (including phenoxy) is 1. The summed E-state index contributed by atoms with van der Waals surface area (Å²) < 4.78 is 6.59. The summed E-state index contributed by atoms with van der Waals surface area (Å²) in [6.45, 7) is 0.594. The molecule has 8 heteroatoms. The van der Waals surface area contributed by atoms with E-state index in [2.05, 4.69) is 15.6 Å². The zero-order valence-corrected chi connectivity index (χ0v) is 14.3. The first kappa shape index (κ1) is 15.8. The molecule has 0 unspecified atom stereocenters. The van der Waals surface area contributed by atoms with Gasteiger partial charge in [0.2, 0.25) is 5.16 Å². The summed E-state index contributed by atoms with van der Waals surface area (Å²) in [6, 6.07) is 0. The van der Waals surface area contributed by atoms with Crippen molar-refractivity contribution < 1.29 is 4.74 Å². The van der Waals surface area contributed by atoms with Crippen LogP contribution < -0.4 is 5.84 Å². The predicted molar refractivity (Wildman–Crippen MR) is 88.6 cm³/mol. The molecule has 2 aromatic heterocycles. The van der Waals surface area contributed by atoms with Crippen molar-refractivity contribution in [1.29, 1.82) is 0 Å². The van der Waals surface area contributed by atoms with E-state index in [9.17, 15) is 0 Å². The van der Waals surface area contributed by atoms with Gasteiger partial charge in [0.25, 0.3) is 0 Å². The van der Waals surface area contributed by atoms with Gasteiger partial charge in [0.05, 0.1) is 17.3 Å². The minimum Gasteiger partial charge on any atom is -0.384 e. The maximum atomic E-state index is 6.01. The molecule has 2 N–H and O–H groups in total. The quantitative estimate of drug-likeness (QED) is 0.617. The molecule has 0 aliphatic heterocycles. The molecule has 0 aromatic carbocycles. The molecule has 6 nitrogen and oxygen atoms in total. The molecule has 1 aliphatic rings. The molecular formula is C14H21N5OS2. The van der Waals surface area contributed by atoms with E-state index < -0.39 is 0 Å². The second-order valence-electron chi connectivity index (χ2n) is 5.46. The van der Waals surface area contributed by atoms with E-state index in [4.69, 9.17) is 15.6 Å². The van der Waals surface area contributed by atoms with E-state index in [0.717, 1.165) is 22.4 Å². The fraction of sp³-hybridized carbons (Fsp3) is 0.643. The molecule has 0 atom stereocenters. The molecule has 1 fully saturated rings. The number of aromatic nitrogens is 4. The molecule has 0 saturated heterocycles. The summed E-state index contributed by atoms with van der Waals surface area (Å²) in [7, 11) is 1.66. The van der Waals surface area contributed by atoms with Gasteiger partial charge in [-0.1, -0.05) is 24.6 Å². The fourth-order valence-electron chi connectivity index (χ4n) is 2.66. The maximum absolute atomic E-state index is 6.01. The van der Waals surface area contributed by atoms with Gasteiger partial charge in [-0.2, -0.15) is 0 Å². The summed E-state index contributed by atoms with van der Waals surface area (Å²) in [4.78, 5) is 4.77. The van der Waals surface area contributed by atoms with Crippen molar-refractivity contribution >= 4 is 23.1 Å². The van der Waals surface area contributed by atoms with Gasteiger partial charge < -0.3 is 10.6 Å². The van der Waals surface area contributed by atoms with Gasteiger partial charge in [-0.05, 0) is 12.8 Å². The lowest BCUT2D eigenvalue weighted by molar-refractivity contribution is 0.200. The van der Waals surface area contributed by atoms with Crippen LogP contribution in [-0.4, -0.2) is 33.6 Å². The van der Waals surface area contributed by atoms with Gasteiger partial charge in [0.1, 0.15) is 0 Å². The Morgan fingerprint density at radius 1 is 1.41 bits per heavy atom. The highest BCUT2D eigenvalue weighted by Gasteiger charge is 2.20. The number of hydrogen-bond acceptors (Lipinski definition) is 7. The highest BCUT2D eigenvalue weighted by atomic mass is 32.2. The van der Waals surface area contributed by atoms with Crippen LogP contribution in [0.2, 0.25) is 0 Å². The number of methoxy groups -OCH3 is 1. The molecule has 2 heterocycles. The molecule has 120 valence electrons. The van der Waals surface area contributed by atoms with E-state index in [1.165, 1.54) is 30.7 Å². The molecule has 1 saturated carbocycles. The van der Waals surface area contributed by atoms with Crippen molar-refractivity contribution in [3.63, 3.8) is 0 Å². The third kappa shape index (κ3) is 3.61. The highest BCUT2D eigenvalue weighted by molar-refractivity contribution is 7.98. The summed E-state index contributed by atoms with van der Waals surface area (Å²) in [6.07, 6.45) is 5.94. The highest BCUT2D eigenvalue weighted by Crippen LogP contribution is 2.36. The Hall–Kier alpha value is -1.12. The summed E-state index contributed by atoms with van der Waals surface area (Å²) in [5, 5.41) is 12.4. The first-order chi connectivity index (χ1) is 10.8. The number of hydrogen-bond donors (Lipinski definition) is 1. The smallest absolute Gasteiger partial charge is 0.210 e. The number of thioether (sulfide) groups is 1. The first-order valence-corrected chi connectivity index (χ1v) is 9.40. The molecule has 0 amide bonds. The van der Waals surface area contributed by atoms with Crippen molar-refractivity contribution in [2.24, 2.45) is 0 Å². The molecule has 2 aromatic rings. The number of nitrogen functional groups attached to an aromatic ring is 1. The van der Waals surface area contributed by atoms with Crippen molar-refractivity contribution in [2.75, 3.05) is 19.6 Å². The maximum Gasteiger partial charge on any atom is 0.210 e. The Morgan fingerprint density at radius 3 is 3.00 bits per heavy atom. The third-order valence-corrected chi connectivity index (χ3v) is 5.92. The zero-order chi connectivity index (χ0) is 15.4. The second kappa shape index (κ2) is 7.43. The van der Waals surface area contributed by atoms with Gasteiger partial charge in [-0.25, -0.2) is 9.66 Å². The van der Waals surface area contributed by atoms with E-state index >= 15 is 0 Å². The third-order valence-electron chi connectivity index (χ3n) is 3.89. The van der Waals surface area contributed by atoms with E-state index in [0.29, 0.717) is 18.9 Å². The van der Waals surface area contributed by atoms with E-state index in [1.807, 2.05) is 0 Å². The number of rotatable bonds is 7. The van der Waals surface area contributed by atoms with Gasteiger partial charge in [0.15, 0.2) is 5.82 Å². The normalized spacial score (nSPS) is 15.7. The minimum absolute atomic E-state index is 0.594. The van der Waals surface area contributed by atoms with Crippen LogP contribution in [0.3, 0.4) is 0 Å². The zero-order valence-electron chi connectivity index (χ0n) is 12.7. The number of nitrogens with zero attached hydrogens (tertiary/aromatic N) is 4. The SMILES string of the molecule is COCCc1nnc(SCc2csc(C3CCCC3)n2)n1N. The van der Waals surface area contributed by atoms with Crippen molar-refractivity contribution in [3.8, 4) is 0 Å². The summed E-state index contributed by atoms with van der Waals surface area (Å²) in [5.74, 6) is 8.22. The van der Waals surface area contributed by atoms with E-state index in [1.54, 1.807) is 34.9 Å². The molecular weight excluding hydrogens is 318 g/mol. The van der Waals surface area contributed by atoms with Gasteiger partial charge in [0, 0.05) is 30.6 Å². The van der Waals surface area contributed by atoms with Crippen LogP contribution in [0.25, 0.3) is 0 Å². The van der Waals surface area contributed by atoms with Gasteiger partial charge in [-0.15, -0.1) is 21.5 Å². The van der Waals surface area contributed by atoms with Crippen molar-refractivity contribution in [1.82, 2.24) is 19.9 Å². The monoisotopic (exact) mass is 339 g/mol. The molecule has 0 bridgehead atoms. The standard InChI is InChI=1S/C14H21N5OS2/c1-20-7-6-12-17-18-14(19(12)15)22-9-11-8-21-13(16-11)10-4-2-3-5-10/h8,10H,2-7,9,15H2,1H3. The van der Waals surface area contributed by atoms with Crippen molar-refractivity contribution in [3.05, 3.63) is 21.9 Å². The number of thiazole rings is 1. The molecule has 1 aliphatic carbocycles. The lowest BCUT2D eigenvalue weighted by atomic mass is 10.1. The molecule has 3 rings (SSSR count). The van der Waals surface area contributed by atoms with Crippen LogP contribution in [0.15, 0.2) is 10.5 Å². The van der Waals surface area contributed by atoms with Gasteiger partial charge >= 0.3 is 0 Å². The minimum atomic E-state index is 0.594. The van der Waals surface area contributed by atoms with Crippen LogP contribution in [0, 0.1) is 0 Å². The average molecular weight is 339 g/mol. The lowest BCUT2D eigenvalue weighted by Gasteiger charge is -2.03. The van der Waals surface area contributed by atoms with Crippen LogP contribution in [0.4, 0.5) is 0 Å². The largest absolute Gasteiger partial charge is 0.384 e. The topological polar surface area (TPSA) is 78.9 Å². The Labute approximate surface area is 138 Å². The van der Waals surface area contributed by atoms with Crippen LogP contribution in [-0.2, 0) is 16.9 Å². The Balaban J connectivity index is 1.57. The first-order valence-electron chi connectivity index (χ1n) is 7.53. The van der Waals surface area contributed by atoms with Crippen molar-refractivity contribution in [2.45, 2.75) is 48.9 Å². The lowest BCUT2D eigenvalue weighted by Crippen LogP contribution is -2.15. The second-order valence-corrected chi connectivity index (χ2v) is 7.29. The summed E-state index contributed by atoms with van der Waals surface area (Å²) in [5.41, 5.74) is 1.11.